The summed E-state index contributed by atoms with van der Waals surface area (Å²) >= 11 is 12.3. The van der Waals surface area contributed by atoms with Crippen molar-refractivity contribution in [2.75, 3.05) is 0 Å². The maximum Gasteiger partial charge on any atom is 0.291 e. The summed E-state index contributed by atoms with van der Waals surface area (Å²) in [5, 5.41) is 1.26. The Balaban J connectivity index is 1.77. The number of furan rings is 1. The van der Waals surface area contributed by atoms with E-state index in [1.54, 1.807) is 53.4 Å². The normalized spacial score (nSPS) is 15.9. The van der Waals surface area contributed by atoms with Crippen molar-refractivity contribution in [3.05, 3.63) is 104 Å². The number of halogens is 2. The third-order valence-corrected chi connectivity index (χ3v) is 5.47. The standard InChI is InChI=1S/C22H13Cl2NO4/c23-13-4-1-3-12(9-13)19-18-20(26)16-10-14(24)6-7-17(16)29-21(18)22(27)25(19)11-15-5-2-8-28-15/h1-10,19H,11H2. The highest BCUT2D eigenvalue weighted by Gasteiger charge is 2.43. The number of hydrogen-bond donors (Lipinski definition) is 0. The molecule has 2 aromatic heterocycles. The van der Waals surface area contributed by atoms with E-state index in [0.29, 0.717) is 32.3 Å². The Morgan fingerprint density at radius 3 is 2.55 bits per heavy atom. The number of benzene rings is 2. The molecule has 0 aliphatic carbocycles. The lowest BCUT2D eigenvalue weighted by molar-refractivity contribution is 0.0701. The number of carbonyl (C=O) groups is 1. The van der Waals surface area contributed by atoms with Gasteiger partial charge in [-0.3, -0.25) is 9.59 Å². The summed E-state index contributed by atoms with van der Waals surface area (Å²) in [7, 11) is 0. The summed E-state index contributed by atoms with van der Waals surface area (Å²) in [5.74, 6) is 0.245. The van der Waals surface area contributed by atoms with Gasteiger partial charge in [-0.1, -0.05) is 35.3 Å². The van der Waals surface area contributed by atoms with Gasteiger partial charge in [0.05, 0.1) is 29.8 Å². The minimum Gasteiger partial charge on any atom is -0.467 e. The van der Waals surface area contributed by atoms with Gasteiger partial charge in [0.2, 0.25) is 5.76 Å². The molecule has 2 aromatic carbocycles. The Morgan fingerprint density at radius 2 is 1.79 bits per heavy atom. The molecule has 4 aromatic rings. The molecular weight excluding hydrogens is 413 g/mol. The number of nitrogens with zero attached hydrogens (tertiary/aromatic N) is 1. The number of fused-ring (bicyclic) bond motifs is 2. The first-order valence-electron chi connectivity index (χ1n) is 8.88. The Labute approximate surface area is 175 Å². The van der Waals surface area contributed by atoms with Gasteiger partial charge in [0, 0.05) is 10.0 Å². The second kappa shape index (κ2) is 6.79. The van der Waals surface area contributed by atoms with Crippen molar-refractivity contribution in [1.82, 2.24) is 4.90 Å². The molecule has 0 radical (unpaired) electrons. The van der Waals surface area contributed by atoms with E-state index in [1.165, 1.54) is 6.26 Å². The molecule has 1 aliphatic heterocycles. The SMILES string of the molecule is O=C1c2oc3ccc(Cl)cc3c(=O)c2C(c2cccc(Cl)c2)N1Cc1ccco1. The molecule has 0 spiro atoms. The van der Waals surface area contributed by atoms with Crippen LogP contribution in [0.4, 0.5) is 0 Å². The van der Waals surface area contributed by atoms with Gasteiger partial charge in [-0.2, -0.15) is 0 Å². The largest absolute Gasteiger partial charge is 0.467 e. The van der Waals surface area contributed by atoms with Crippen LogP contribution in [0.15, 0.2) is 74.5 Å². The van der Waals surface area contributed by atoms with Crippen molar-refractivity contribution in [1.29, 1.82) is 0 Å². The molecule has 0 bridgehead atoms. The predicted molar refractivity (Wildman–Crippen MR) is 109 cm³/mol. The summed E-state index contributed by atoms with van der Waals surface area (Å²) in [4.78, 5) is 28.2. The summed E-state index contributed by atoms with van der Waals surface area (Å²) in [6.07, 6.45) is 1.54. The van der Waals surface area contributed by atoms with Crippen molar-refractivity contribution in [3.63, 3.8) is 0 Å². The monoisotopic (exact) mass is 425 g/mol. The highest BCUT2D eigenvalue weighted by molar-refractivity contribution is 6.31. The molecule has 1 unspecified atom stereocenters. The zero-order chi connectivity index (χ0) is 20.1. The number of rotatable bonds is 3. The zero-order valence-electron chi connectivity index (χ0n) is 14.9. The Kier molecular flexibility index (Phi) is 4.23. The van der Waals surface area contributed by atoms with E-state index in [1.807, 2.05) is 6.07 Å². The average Bonchev–Trinajstić information content (AvgIpc) is 3.31. The Bertz CT molecular complexity index is 1310. The summed E-state index contributed by atoms with van der Waals surface area (Å²) in [6.45, 7) is 0.184. The molecule has 7 heteroatoms. The van der Waals surface area contributed by atoms with E-state index in [4.69, 9.17) is 32.0 Å². The second-order valence-electron chi connectivity index (χ2n) is 6.78. The predicted octanol–water partition coefficient (Wildman–Crippen LogP) is 5.44. The highest BCUT2D eigenvalue weighted by Crippen LogP contribution is 2.39. The van der Waals surface area contributed by atoms with Gasteiger partial charge in [-0.15, -0.1) is 0 Å². The number of amides is 1. The lowest BCUT2D eigenvalue weighted by Crippen LogP contribution is -2.29. The van der Waals surface area contributed by atoms with Crippen molar-refractivity contribution in [2.24, 2.45) is 0 Å². The Morgan fingerprint density at radius 1 is 0.966 bits per heavy atom. The first-order valence-corrected chi connectivity index (χ1v) is 9.63. The van der Waals surface area contributed by atoms with Gasteiger partial charge in [0.25, 0.3) is 5.91 Å². The Hall–Kier alpha value is -3.02. The molecule has 5 nitrogen and oxygen atoms in total. The minimum absolute atomic E-state index is 0.0290. The molecule has 1 amide bonds. The van der Waals surface area contributed by atoms with Crippen molar-refractivity contribution >= 4 is 40.1 Å². The van der Waals surface area contributed by atoms with Crippen LogP contribution in [0.5, 0.6) is 0 Å². The summed E-state index contributed by atoms with van der Waals surface area (Å²) in [5.41, 5.74) is 1.02. The third-order valence-electron chi connectivity index (χ3n) is 5.00. The molecule has 3 heterocycles. The lowest BCUT2D eigenvalue weighted by atomic mass is 9.98. The molecule has 0 N–H and O–H groups in total. The van der Waals surface area contributed by atoms with E-state index in [2.05, 4.69) is 0 Å². The van der Waals surface area contributed by atoms with Crippen LogP contribution >= 0.6 is 23.2 Å². The van der Waals surface area contributed by atoms with Crippen molar-refractivity contribution in [2.45, 2.75) is 12.6 Å². The maximum absolute atomic E-state index is 13.4. The van der Waals surface area contributed by atoms with Gasteiger partial charge in [-0.25, -0.2) is 0 Å². The maximum atomic E-state index is 13.4. The van der Waals surface area contributed by atoms with Crippen molar-refractivity contribution < 1.29 is 13.6 Å². The quantitative estimate of drug-likeness (QED) is 0.438. The van der Waals surface area contributed by atoms with Crippen LogP contribution in [0.25, 0.3) is 11.0 Å². The summed E-state index contributed by atoms with van der Waals surface area (Å²) in [6, 6.07) is 14.7. The van der Waals surface area contributed by atoms with Crippen LogP contribution in [0.1, 0.15) is 33.5 Å². The number of carbonyl (C=O) groups excluding carboxylic acids is 1. The van der Waals surface area contributed by atoms with Gasteiger partial charge in [0.1, 0.15) is 11.3 Å². The van der Waals surface area contributed by atoms with Gasteiger partial charge in [-0.05, 0) is 48.0 Å². The molecule has 29 heavy (non-hydrogen) atoms. The highest BCUT2D eigenvalue weighted by atomic mass is 35.5. The molecule has 0 saturated heterocycles. The zero-order valence-corrected chi connectivity index (χ0v) is 16.4. The van der Waals surface area contributed by atoms with E-state index in [-0.39, 0.29) is 29.2 Å². The fourth-order valence-electron chi connectivity index (χ4n) is 3.75. The van der Waals surface area contributed by atoms with Crippen LogP contribution in [0, 0.1) is 0 Å². The van der Waals surface area contributed by atoms with Crippen LogP contribution in [0.2, 0.25) is 10.0 Å². The molecule has 0 saturated carbocycles. The van der Waals surface area contributed by atoms with Crippen molar-refractivity contribution in [3.8, 4) is 0 Å². The van der Waals surface area contributed by atoms with E-state index >= 15 is 0 Å². The fourth-order valence-corrected chi connectivity index (χ4v) is 4.12. The van der Waals surface area contributed by atoms with E-state index < -0.39 is 6.04 Å². The van der Waals surface area contributed by atoms with Crippen LogP contribution in [-0.4, -0.2) is 10.8 Å². The molecule has 1 aliphatic rings. The average molecular weight is 426 g/mol. The third kappa shape index (κ3) is 2.94. The van der Waals surface area contributed by atoms with Gasteiger partial charge >= 0.3 is 0 Å². The first-order chi connectivity index (χ1) is 14.0. The minimum atomic E-state index is -0.652. The molecular formula is C22H13Cl2NO4. The van der Waals surface area contributed by atoms with Crippen LogP contribution < -0.4 is 5.43 Å². The molecule has 5 rings (SSSR count). The number of hydrogen-bond acceptors (Lipinski definition) is 4. The summed E-state index contributed by atoms with van der Waals surface area (Å²) < 4.78 is 11.3. The van der Waals surface area contributed by atoms with Gasteiger partial charge < -0.3 is 13.7 Å². The fraction of sp³-hybridized carbons (Fsp3) is 0.0909. The topological polar surface area (TPSA) is 63.7 Å². The molecule has 1 atom stereocenters. The molecule has 0 fully saturated rings. The second-order valence-corrected chi connectivity index (χ2v) is 7.66. The van der Waals surface area contributed by atoms with Crippen LogP contribution in [0.3, 0.4) is 0 Å². The lowest BCUT2D eigenvalue weighted by Gasteiger charge is -2.24. The molecule has 144 valence electrons. The van der Waals surface area contributed by atoms with E-state index in [0.717, 1.165) is 0 Å². The van der Waals surface area contributed by atoms with Crippen LogP contribution in [-0.2, 0) is 6.54 Å². The van der Waals surface area contributed by atoms with Gasteiger partial charge in [0.15, 0.2) is 5.43 Å². The smallest absolute Gasteiger partial charge is 0.291 e. The van der Waals surface area contributed by atoms with E-state index in [9.17, 15) is 9.59 Å². The first kappa shape index (κ1) is 18.0.